The lowest BCUT2D eigenvalue weighted by atomic mass is 9.73. The third-order valence-electron chi connectivity index (χ3n) is 12.4. The number of benzene rings is 1. The fraction of sp³-hybridized carbons (Fsp3) is 0.762. The van der Waals surface area contributed by atoms with Crippen LogP contribution in [0.5, 0.6) is 0 Å². The van der Waals surface area contributed by atoms with Gasteiger partial charge in [0.2, 0.25) is 0 Å². The molecule has 0 radical (unpaired) electrons. The zero-order valence-corrected chi connectivity index (χ0v) is 34.4. The Kier molecular flexibility index (Phi) is 14.9. The zero-order valence-electron chi connectivity index (χ0n) is 34.4. The van der Waals surface area contributed by atoms with Crippen LogP contribution in [-0.2, 0) is 44.5 Å². The highest BCUT2D eigenvalue weighted by Gasteiger charge is 2.60. The molecule has 12 nitrogen and oxygen atoms in total. The molecule has 1 amide bonds. The lowest BCUT2D eigenvalue weighted by molar-refractivity contribution is -0.295. The molecule has 1 N–H and O–H groups in total. The van der Waals surface area contributed by atoms with Gasteiger partial charge in [-0.25, -0.2) is 4.79 Å². The third kappa shape index (κ3) is 9.37. The van der Waals surface area contributed by atoms with E-state index in [0.717, 1.165) is 19.3 Å². The van der Waals surface area contributed by atoms with Crippen molar-refractivity contribution >= 4 is 23.6 Å². The number of amides is 1. The highest BCUT2D eigenvalue weighted by molar-refractivity contribution is 6.00. The smallest absolute Gasteiger partial charge is 0.410 e. The summed E-state index contributed by atoms with van der Waals surface area (Å²) in [5, 5.41) is 11.4. The van der Waals surface area contributed by atoms with Crippen LogP contribution in [0.4, 0.5) is 4.79 Å². The number of aliphatic hydroxyl groups is 1. The molecule has 3 fully saturated rings. The minimum Gasteiger partial charge on any atom is -0.458 e. The second-order valence-electron chi connectivity index (χ2n) is 16.7. The molecular weight excluding hydrogens is 692 g/mol. The summed E-state index contributed by atoms with van der Waals surface area (Å²) in [5.41, 5.74) is -1.35. The first-order valence-corrected chi connectivity index (χ1v) is 19.9. The number of hydrogen-bond donors (Lipinski definition) is 1. The van der Waals surface area contributed by atoms with Crippen molar-refractivity contribution in [2.45, 2.75) is 154 Å². The molecule has 54 heavy (non-hydrogen) atoms. The van der Waals surface area contributed by atoms with Crippen molar-refractivity contribution in [3.05, 3.63) is 35.9 Å². The summed E-state index contributed by atoms with van der Waals surface area (Å²) in [5.74, 6) is -4.79. The van der Waals surface area contributed by atoms with Gasteiger partial charge < -0.3 is 38.6 Å². The summed E-state index contributed by atoms with van der Waals surface area (Å²) < 4.78 is 31.2. The highest BCUT2D eigenvalue weighted by atomic mass is 16.7. The fourth-order valence-corrected chi connectivity index (χ4v) is 9.14. The number of esters is 1. The molecule has 0 aliphatic carbocycles. The van der Waals surface area contributed by atoms with Gasteiger partial charge >= 0.3 is 12.1 Å². The van der Waals surface area contributed by atoms with E-state index in [1.165, 1.54) is 19.6 Å². The maximum atomic E-state index is 14.6. The second-order valence-corrected chi connectivity index (χ2v) is 16.7. The topological polar surface area (TPSA) is 141 Å². The van der Waals surface area contributed by atoms with Gasteiger partial charge in [-0.05, 0) is 85.9 Å². The minimum atomic E-state index is -1.36. The van der Waals surface area contributed by atoms with Crippen molar-refractivity contribution < 1.29 is 48.0 Å². The first-order chi connectivity index (χ1) is 25.4. The van der Waals surface area contributed by atoms with E-state index in [1.54, 1.807) is 25.7 Å². The lowest BCUT2D eigenvalue weighted by Crippen LogP contribution is -2.60. The van der Waals surface area contributed by atoms with Crippen LogP contribution in [0.3, 0.4) is 0 Å². The lowest BCUT2D eigenvalue weighted by Gasteiger charge is -2.47. The van der Waals surface area contributed by atoms with Gasteiger partial charge in [0.05, 0.1) is 23.9 Å². The number of aryl methyl sites for hydroxylation is 1. The largest absolute Gasteiger partial charge is 0.458 e. The van der Waals surface area contributed by atoms with Gasteiger partial charge in [0, 0.05) is 37.5 Å². The first-order valence-electron chi connectivity index (χ1n) is 19.9. The van der Waals surface area contributed by atoms with E-state index in [4.69, 9.17) is 23.7 Å². The monoisotopic (exact) mass is 758 g/mol. The summed E-state index contributed by atoms with van der Waals surface area (Å²) in [4.78, 5) is 60.1. The number of likely N-dealkylation sites (N-methyl/N-ethyl adjacent to an activating group) is 1. The molecule has 0 unspecified atom stereocenters. The molecule has 0 aromatic heterocycles. The molecule has 13 atom stereocenters. The number of ether oxygens (including phenoxy) is 5. The van der Waals surface area contributed by atoms with Crippen LogP contribution in [-0.4, -0.2) is 120 Å². The molecule has 0 bridgehead atoms. The number of carbonyl (C=O) groups excluding carboxylic acids is 4. The quantitative estimate of drug-likeness (QED) is 0.171. The van der Waals surface area contributed by atoms with Crippen LogP contribution in [0.15, 0.2) is 30.3 Å². The van der Waals surface area contributed by atoms with Gasteiger partial charge in [-0.1, -0.05) is 64.4 Å². The van der Waals surface area contributed by atoms with E-state index < -0.39 is 83.4 Å². The van der Waals surface area contributed by atoms with Gasteiger partial charge in [-0.3, -0.25) is 14.4 Å². The Labute approximate surface area is 322 Å². The predicted molar refractivity (Wildman–Crippen MR) is 204 cm³/mol. The Bertz CT molecular complexity index is 1440. The van der Waals surface area contributed by atoms with Crippen LogP contribution in [0.25, 0.3) is 0 Å². The van der Waals surface area contributed by atoms with Gasteiger partial charge in [-0.2, -0.15) is 0 Å². The van der Waals surface area contributed by atoms with Crippen LogP contribution in [0, 0.1) is 23.7 Å². The molecule has 3 heterocycles. The van der Waals surface area contributed by atoms with Crippen molar-refractivity contribution in [2.75, 3.05) is 27.7 Å². The molecule has 3 saturated heterocycles. The van der Waals surface area contributed by atoms with E-state index >= 15 is 0 Å². The predicted octanol–water partition coefficient (Wildman–Crippen LogP) is 5.60. The average Bonchev–Trinajstić information content (AvgIpc) is 3.40. The van der Waals surface area contributed by atoms with Gasteiger partial charge in [-0.15, -0.1) is 0 Å². The Morgan fingerprint density at radius 1 is 0.944 bits per heavy atom. The SMILES string of the molecule is CC[C@H]1OC(=O)[C@H](C)C(=O)[C@H](C)[C@@H](O[C@@H]2O[C@H](C)C[C@H](N(C)C)[C@H]2O)[C@](C)(OC)C[C@@H](C)C(=O)[C@H](C)[C@H]2N(CCCCCc3ccccc3)C(=O)O[C@]12C. The number of methoxy groups -OCH3 is 1. The average molecular weight is 759 g/mol. The van der Waals surface area contributed by atoms with Gasteiger partial charge in [0.15, 0.2) is 17.7 Å². The number of unbranched alkanes of at least 4 members (excludes halogenated alkanes) is 2. The Balaban J connectivity index is 1.68. The molecule has 1 aromatic carbocycles. The maximum absolute atomic E-state index is 14.6. The normalized spacial score (nSPS) is 38.5. The van der Waals surface area contributed by atoms with Gasteiger partial charge in [0.1, 0.15) is 23.9 Å². The van der Waals surface area contributed by atoms with Crippen LogP contribution >= 0.6 is 0 Å². The molecule has 304 valence electrons. The molecule has 1 aromatic rings. The molecule has 3 aliphatic rings. The number of aliphatic hydroxyl groups excluding tert-OH is 1. The van der Waals surface area contributed by atoms with Crippen molar-refractivity contribution in [2.24, 2.45) is 23.7 Å². The third-order valence-corrected chi connectivity index (χ3v) is 12.4. The number of ketones is 2. The number of carbonyl (C=O) groups is 4. The highest BCUT2D eigenvalue weighted by Crippen LogP contribution is 2.43. The van der Waals surface area contributed by atoms with Crippen molar-refractivity contribution in [1.29, 1.82) is 0 Å². The van der Waals surface area contributed by atoms with Crippen LogP contribution in [0.2, 0.25) is 0 Å². The summed E-state index contributed by atoms with van der Waals surface area (Å²) in [6.07, 6.45) is -0.438. The fourth-order valence-electron chi connectivity index (χ4n) is 9.14. The zero-order chi connectivity index (χ0) is 40.1. The number of cyclic esters (lactones) is 1. The van der Waals surface area contributed by atoms with E-state index in [0.29, 0.717) is 25.8 Å². The summed E-state index contributed by atoms with van der Waals surface area (Å²) >= 11 is 0. The molecule has 0 spiro atoms. The number of nitrogens with zero attached hydrogens (tertiary/aromatic N) is 2. The number of hydrogen-bond acceptors (Lipinski definition) is 11. The molecular formula is C42H66N2O10. The molecule has 4 rings (SSSR count). The summed E-state index contributed by atoms with van der Waals surface area (Å²) in [6.45, 7) is 14.4. The van der Waals surface area contributed by atoms with Gasteiger partial charge in [0.25, 0.3) is 0 Å². The summed E-state index contributed by atoms with van der Waals surface area (Å²) in [7, 11) is 5.26. The maximum Gasteiger partial charge on any atom is 0.410 e. The standard InChI is InChI=1S/C42H66N2O10/c1-12-32-42(8)36(44(40(49)54-42)22-18-14-17-21-30-19-15-13-16-20-30)27(4)33(45)25(2)24-41(7,50-11)37(28(5)34(46)29(6)38(48)52-32)53-39-35(47)31(43(9)10)23-26(3)51-39/h13,15-16,19-20,25-29,31-32,35-37,39,47H,12,14,17-18,21-24H2,1-11H3/t25-,26-,27+,28+,29-,31+,32-,35-,36-,37-,39+,41-,42-/m1/s1. The molecule has 0 saturated carbocycles. The molecule has 12 heteroatoms. The van der Waals surface area contributed by atoms with E-state index in [2.05, 4.69) is 12.1 Å². The van der Waals surface area contributed by atoms with Crippen LogP contribution in [0.1, 0.15) is 99.5 Å². The Morgan fingerprint density at radius 3 is 2.22 bits per heavy atom. The Morgan fingerprint density at radius 2 is 1.61 bits per heavy atom. The van der Waals surface area contributed by atoms with Crippen molar-refractivity contribution in [1.82, 2.24) is 9.80 Å². The summed E-state index contributed by atoms with van der Waals surface area (Å²) in [6, 6.07) is 9.24. The van der Waals surface area contributed by atoms with Crippen molar-refractivity contribution in [3.63, 3.8) is 0 Å². The minimum absolute atomic E-state index is 0.124. The first kappa shape index (κ1) is 43.8. The number of rotatable bonds is 11. The van der Waals surface area contributed by atoms with Crippen molar-refractivity contribution in [3.8, 4) is 0 Å². The molecule has 3 aliphatic heterocycles. The number of fused-ring (bicyclic) bond motifs is 1. The van der Waals surface area contributed by atoms with Crippen LogP contribution < -0.4 is 0 Å². The van der Waals surface area contributed by atoms with E-state index in [1.807, 2.05) is 64.9 Å². The second kappa shape index (κ2) is 18.4. The Hall–Kier alpha value is -2.90. The van der Waals surface area contributed by atoms with E-state index in [9.17, 15) is 24.3 Å². The number of Topliss-reactive ketones (excluding diaryl/α,β-unsaturated/α-hetero) is 2. The van der Waals surface area contributed by atoms with E-state index in [-0.39, 0.29) is 24.3 Å².